The Bertz CT molecular complexity index is 377. The van der Waals surface area contributed by atoms with Gasteiger partial charge in [0.1, 0.15) is 5.75 Å². The summed E-state index contributed by atoms with van der Waals surface area (Å²) in [4.78, 5) is 0. The van der Waals surface area contributed by atoms with E-state index in [-0.39, 0.29) is 6.04 Å². The first-order valence-corrected chi connectivity index (χ1v) is 6.57. The summed E-state index contributed by atoms with van der Waals surface area (Å²) in [5.41, 5.74) is 2.08. The highest BCUT2D eigenvalue weighted by molar-refractivity contribution is 5.39. The molecule has 1 aromatic carbocycles. The van der Waals surface area contributed by atoms with Gasteiger partial charge in [0.15, 0.2) is 0 Å². The predicted octanol–water partition coefficient (Wildman–Crippen LogP) is 2.54. The molecule has 2 N–H and O–H groups in total. The lowest BCUT2D eigenvalue weighted by Crippen LogP contribution is -2.36. The first kappa shape index (κ1) is 15.0. The molecule has 0 saturated carbocycles. The van der Waals surface area contributed by atoms with Crippen LogP contribution in [0.4, 0.5) is 0 Å². The van der Waals surface area contributed by atoms with Crippen molar-refractivity contribution in [3.63, 3.8) is 0 Å². The number of nitrogens with one attached hydrogen (secondary N) is 1. The molecule has 2 atom stereocenters. The molecule has 0 saturated heterocycles. The monoisotopic (exact) mass is 251 g/mol. The van der Waals surface area contributed by atoms with Gasteiger partial charge < -0.3 is 15.2 Å². The van der Waals surface area contributed by atoms with Gasteiger partial charge >= 0.3 is 0 Å². The van der Waals surface area contributed by atoms with Crippen molar-refractivity contribution in [2.75, 3.05) is 14.2 Å². The first-order chi connectivity index (χ1) is 8.54. The fourth-order valence-electron chi connectivity index (χ4n) is 2.28. The zero-order valence-electron chi connectivity index (χ0n) is 12.0. The van der Waals surface area contributed by atoms with Crippen LogP contribution in [0.2, 0.25) is 0 Å². The Morgan fingerprint density at radius 2 is 2.00 bits per heavy atom. The Kier molecular flexibility index (Phi) is 5.63. The third kappa shape index (κ3) is 3.24. The van der Waals surface area contributed by atoms with Crippen molar-refractivity contribution in [3.05, 3.63) is 29.3 Å². The van der Waals surface area contributed by atoms with Crippen LogP contribution in [0.5, 0.6) is 5.75 Å². The van der Waals surface area contributed by atoms with Crippen molar-refractivity contribution in [3.8, 4) is 5.75 Å². The molecule has 3 nitrogen and oxygen atoms in total. The van der Waals surface area contributed by atoms with Crippen molar-refractivity contribution in [1.82, 2.24) is 5.32 Å². The molecular formula is C15H25NO2. The second kappa shape index (κ2) is 6.76. The van der Waals surface area contributed by atoms with Crippen LogP contribution >= 0.6 is 0 Å². The molecule has 2 unspecified atom stereocenters. The summed E-state index contributed by atoms with van der Waals surface area (Å²) in [5.74, 6) is 1.10. The van der Waals surface area contributed by atoms with Crippen LogP contribution in [0.1, 0.15) is 38.0 Å². The molecule has 0 spiro atoms. The summed E-state index contributed by atoms with van der Waals surface area (Å²) in [7, 11) is 3.52. The van der Waals surface area contributed by atoms with E-state index in [9.17, 15) is 5.11 Å². The average molecular weight is 251 g/mol. The number of hydrogen-bond acceptors (Lipinski definition) is 3. The molecule has 0 bridgehead atoms. The van der Waals surface area contributed by atoms with Crippen LogP contribution in [0.15, 0.2) is 18.2 Å². The lowest BCUT2D eigenvalue weighted by Gasteiger charge is -2.27. The number of likely N-dealkylation sites (N-methyl/N-ethyl adjacent to an activating group) is 1. The molecule has 3 heteroatoms. The standard InChI is InChI=1S/C15H25NO2/c1-6-11-7-8-13(18-5)12(9-11)15(17)14(16-4)10(2)3/h7-10,14-17H,6H2,1-5H3. The van der Waals surface area contributed by atoms with E-state index in [0.717, 1.165) is 17.7 Å². The second-order valence-electron chi connectivity index (χ2n) is 4.93. The van der Waals surface area contributed by atoms with E-state index in [2.05, 4.69) is 26.1 Å². The van der Waals surface area contributed by atoms with Crippen LogP contribution in [-0.4, -0.2) is 25.3 Å². The van der Waals surface area contributed by atoms with Gasteiger partial charge in [0.25, 0.3) is 0 Å². The third-order valence-electron chi connectivity index (χ3n) is 3.41. The summed E-state index contributed by atoms with van der Waals surface area (Å²) in [6, 6.07) is 6.03. The van der Waals surface area contributed by atoms with Gasteiger partial charge in [-0.1, -0.05) is 26.8 Å². The van der Waals surface area contributed by atoms with E-state index in [0.29, 0.717) is 5.92 Å². The van der Waals surface area contributed by atoms with E-state index in [4.69, 9.17) is 4.74 Å². The van der Waals surface area contributed by atoms with Crippen molar-refractivity contribution in [2.24, 2.45) is 5.92 Å². The van der Waals surface area contributed by atoms with Gasteiger partial charge in [-0.2, -0.15) is 0 Å². The fourth-order valence-corrected chi connectivity index (χ4v) is 2.28. The second-order valence-corrected chi connectivity index (χ2v) is 4.93. The zero-order chi connectivity index (χ0) is 13.7. The van der Waals surface area contributed by atoms with Crippen LogP contribution < -0.4 is 10.1 Å². The molecule has 18 heavy (non-hydrogen) atoms. The van der Waals surface area contributed by atoms with Crippen molar-refractivity contribution in [2.45, 2.75) is 39.3 Å². The summed E-state index contributed by atoms with van der Waals surface area (Å²) < 4.78 is 5.35. The number of hydrogen-bond donors (Lipinski definition) is 2. The highest BCUT2D eigenvalue weighted by atomic mass is 16.5. The minimum Gasteiger partial charge on any atom is -0.496 e. The smallest absolute Gasteiger partial charge is 0.124 e. The number of aliphatic hydroxyl groups is 1. The van der Waals surface area contributed by atoms with Gasteiger partial charge in [0.2, 0.25) is 0 Å². The Labute approximate surface area is 110 Å². The molecule has 1 aromatic rings. The molecule has 0 aliphatic carbocycles. The number of benzene rings is 1. The highest BCUT2D eigenvalue weighted by Crippen LogP contribution is 2.30. The lowest BCUT2D eigenvalue weighted by molar-refractivity contribution is 0.107. The predicted molar refractivity (Wildman–Crippen MR) is 75.0 cm³/mol. The van der Waals surface area contributed by atoms with Gasteiger partial charge in [-0.25, -0.2) is 0 Å². The first-order valence-electron chi connectivity index (χ1n) is 6.57. The largest absolute Gasteiger partial charge is 0.496 e. The number of ether oxygens (including phenoxy) is 1. The number of aliphatic hydroxyl groups excluding tert-OH is 1. The van der Waals surface area contributed by atoms with Crippen molar-refractivity contribution in [1.29, 1.82) is 0 Å². The Balaban J connectivity index is 3.12. The van der Waals surface area contributed by atoms with Gasteiger partial charge in [0, 0.05) is 11.6 Å². The van der Waals surface area contributed by atoms with Crippen LogP contribution in [0, 0.1) is 5.92 Å². The van der Waals surface area contributed by atoms with Crippen LogP contribution in [0.25, 0.3) is 0 Å². The van der Waals surface area contributed by atoms with E-state index in [1.807, 2.05) is 25.2 Å². The highest BCUT2D eigenvalue weighted by Gasteiger charge is 2.25. The SMILES string of the molecule is CCc1ccc(OC)c(C(O)C(NC)C(C)C)c1. The van der Waals surface area contributed by atoms with Crippen molar-refractivity contribution >= 4 is 0 Å². The molecule has 0 amide bonds. The van der Waals surface area contributed by atoms with Crippen molar-refractivity contribution < 1.29 is 9.84 Å². The van der Waals surface area contributed by atoms with E-state index in [1.165, 1.54) is 5.56 Å². The normalized spacial score (nSPS) is 14.6. The molecule has 0 fully saturated rings. The van der Waals surface area contributed by atoms with E-state index < -0.39 is 6.10 Å². The molecular weight excluding hydrogens is 226 g/mol. The summed E-state index contributed by atoms with van der Waals surface area (Å²) in [6.07, 6.45) is 0.395. The molecule has 1 rings (SSSR count). The maximum absolute atomic E-state index is 10.5. The van der Waals surface area contributed by atoms with E-state index in [1.54, 1.807) is 7.11 Å². The Morgan fingerprint density at radius 1 is 1.33 bits per heavy atom. The topological polar surface area (TPSA) is 41.5 Å². The Morgan fingerprint density at radius 3 is 2.44 bits per heavy atom. The summed E-state index contributed by atoms with van der Waals surface area (Å²) in [5, 5.41) is 13.7. The average Bonchev–Trinajstić information content (AvgIpc) is 2.38. The Hall–Kier alpha value is -1.06. The van der Waals surface area contributed by atoms with Crippen LogP contribution in [-0.2, 0) is 6.42 Å². The molecule has 0 aromatic heterocycles. The zero-order valence-corrected chi connectivity index (χ0v) is 12.0. The minimum absolute atomic E-state index is 0.0195. The summed E-state index contributed by atoms with van der Waals surface area (Å²) in [6.45, 7) is 6.30. The molecule has 0 heterocycles. The summed E-state index contributed by atoms with van der Waals surface area (Å²) >= 11 is 0. The quantitative estimate of drug-likeness (QED) is 0.816. The number of methoxy groups -OCH3 is 1. The van der Waals surface area contributed by atoms with E-state index >= 15 is 0 Å². The number of rotatable bonds is 6. The fraction of sp³-hybridized carbons (Fsp3) is 0.600. The molecule has 0 aliphatic heterocycles. The van der Waals surface area contributed by atoms with Gasteiger partial charge in [-0.3, -0.25) is 0 Å². The minimum atomic E-state index is -0.559. The van der Waals surface area contributed by atoms with Gasteiger partial charge in [-0.05, 0) is 37.1 Å². The van der Waals surface area contributed by atoms with Gasteiger partial charge in [0.05, 0.1) is 13.2 Å². The van der Waals surface area contributed by atoms with Crippen LogP contribution in [0.3, 0.4) is 0 Å². The maximum atomic E-state index is 10.5. The van der Waals surface area contributed by atoms with Gasteiger partial charge in [-0.15, -0.1) is 0 Å². The molecule has 0 radical (unpaired) electrons. The number of aryl methyl sites for hydroxylation is 1. The molecule has 0 aliphatic rings. The lowest BCUT2D eigenvalue weighted by atomic mass is 9.92. The third-order valence-corrected chi connectivity index (χ3v) is 3.41. The maximum Gasteiger partial charge on any atom is 0.124 e. The molecule has 102 valence electrons.